The Bertz CT molecular complexity index is 406. The lowest BCUT2D eigenvalue weighted by molar-refractivity contribution is 0.0784. The minimum Gasteiger partial charge on any atom is -0.382 e. The zero-order valence-electron chi connectivity index (χ0n) is 10.3. The Balaban J connectivity index is 2.11. The van der Waals surface area contributed by atoms with Crippen LogP contribution in [0.25, 0.3) is 0 Å². The summed E-state index contributed by atoms with van der Waals surface area (Å²) in [6, 6.07) is 0. The molecule has 1 N–H and O–H groups in total. The molecule has 0 fully saturated rings. The largest absolute Gasteiger partial charge is 0.382 e. The van der Waals surface area contributed by atoms with E-state index in [4.69, 9.17) is 9.47 Å². The number of thiazole rings is 1. The fourth-order valence-corrected chi connectivity index (χ4v) is 2.67. The second-order valence-electron chi connectivity index (χ2n) is 3.55. The van der Waals surface area contributed by atoms with Crippen LogP contribution in [-0.2, 0) is 25.9 Å². The van der Waals surface area contributed by atoms with E-state index < -0.39 is 10.0 Å². The normalized spacial score (nSPS) is 11.8. The molecule has 1 aromatic rings. The molecule has 0 atom stereocenters. The molecule has 104 valence electrons. The van der Waals surface area contributed by atoms with E-state index in [1.807, 2.05) is 5.38 Å². The Labute approximate surface area is 111 Å². The van der Waals surface area contributed by atoms with Gasteiger partial charge in [-0.1, -0.05) is 0 Å². The number of rotatable bonds is 10. The molecule has 1 rings (SSSR count). The third kappa shape index (κ3) is 7.02. The van der Waals surface area contributed by atoms with E-state index in [2.05, 4.69) is 9.71 Å². The van der Waals surface area contributed by atoms with E-state index in [1.165, 1.54) is 11.3 Å². The standard InChI is InChI=1S/C10H18N2O4S2/c1-15-4-5-16-6-7-18(13,14)12-3-2-10-8-17-9-11-10/h8-9,12H,2-7H2,1H3. The Kier molecular flexibility index (Phi) is 7.36. The van der Waals surface area contributed by atoms with Crippen LogP contribution in [0.5, 0.6) is 0 Å². The van der Waals surface area contributed by atoms with Crippen LogP contribution in [0, 0.1) is 0 Å². The lowest BCUT2D eigenvalue weighted by atomic mass is 10.3. The minimum atomic E-state index is -3.26. The van der Waals surface area contributed by atoms with E-state index in [0.717, 1.165) is 5.69 Å². The van der Waals surface area contributed by atoms with Gasteiger partial charge in [0.1, 0.15) is 0 Å². The SMILES string of the molecule is COCCOCCS(=O)(=O)NCCc1cscn1. The fourth-order valence-electron chi connectivity index (χ4n) is 1.18. The summed E-state index contributed by atoms with van der Waals surface area (Å²) in [7, 11) is -1.69. The lowest BCUT2D eigenvalue weighted by Crippen LogP contribution is -2.30. The van der Waals surface area contributed by atoms with Gasteiger partial charge < -0.3 is 9.47 Å². The topological polar surface area (TPSA) is 77.5 Å². The number of ether oxygens (including phenoxy) is 2. The smallest absolute Gasteiger partial charge is 0.213 e. The average molecular weight is 294 g/mol. The number of nitrogens with one attached hydrogen (secondary N) is 1. The maximum absolute atomic E-state index is 11.6. The zero-order valence-corrected chi connectivity index (χ0v) is 11.9. The van der Waals surface area contributed by atoms with Crippen molar-refractivity contribution in [1.29, 1.82) is 0 Å². The average Bonchev–Trinajstić information content (AvgIpc) is 2.81. The van der Waals surface area contributed by atoms with Gasteiger partial charge in [0, 0.05) is 25.5 Å². The van der Waals surface area contributed by atoms with Crippen molar-refractivity contribution in [2.45, 2.75) is 6.42 Å². The number of hydrogen-bond acceptors (Lipinski definition) is 6. The minimum absolute atomic E-state index is 0.0339. The number of sulfonamides is 1. The molecule has 0 unspecified atom stereocenters. The molecule has 0 radical (unpaired) electrons. The van der Waals surface area contributed by atoms with Gasteiger partial charge >= 0.3 is 0 Å². The summed E-state index contributed by atoms with van der Waals surface area (Å²) in [5.41, 5.74) is 2.63. The van der Waals surface area contributed by atoms with Gasteiger partial charge in [0.25, 0.3) is 0 Å². The van der Waals surface area contributed by atoms with Crippen molar-refractivity contribution in [3.05, 3.63) is 16.6 Å². The molecule has 6 nitrogen and oxygen atoms in total. The van der Waals surface area contributed by atoms with Crippen LogP contribution in [0.4, 0.5) is 0 Å². The second kappa shape index (κ2) is 8.54. The van der Waals surface area contributed by atoms with E-state index in [0.29, 0.717) is 26.2 Å². The monoisotopic (exact) mass is 294 g/mol. The summed E-state index contributed by atoms with van der Waals surface area (Å²) in [5.74, 6) is -0.0339. The fraction of sp³-hybridized carbons (Fsp3) is 0.700. The van der Waals surface area contributed by atoms with Crippen LogP contribution in [0.15, 0.2) is 10.9 Å². The quantitative estimate of drug-likeness (QED) is 0.627. The van der Waals surface area contributed by atoms with Gasteiger partial charge in [-0.3, -0.25) is 0 Å². The number of aromatic nitrogens is 1. The Morgan fingerprint density at radius 1 is 1.39 bits per heavy atom. The Morgan fingerprint density at radius 3 is 2.89 bits per heavy atom. The number of hydrogen-bond donors (Lipinski definition) is 1. The van der Waals surface area contributed by atoms with Crippen molar-refractivity contribution in [3.8, 4) is 0 Å². The molecular weight excluding hydrogens is 276 g/mol. The van der Waals surface area contributed by atoms with Crippen LogP contribution >= 0.6 is 11.3 Å². The van der Waals surface area contributed by atoms with Crippen molar-refractivity contribution in [2.24, 2.45) is 0 Å². The first-order chi connectivity index (χ1) is 8.64. The first kappa shape index (κ1) is 15.5. The zero-order chi connectivity index (χ0) is 13.3. The molecule has 0 aromatic carbocycles. The van der Waals surface area contributed by atoms with Crippen molar-refractivity contribution in [2.75, 3.05) is 39.2 Å². The van der Waals surface area contributed by atoms with E-state index in [1.54, 1.807) is 12.6 Å². The highest BCUT2D eigenvalue weighted by atomic mass is 32.2. The first-order valence-corrected chi connectivity index (χ1v) is 8.14. The third-order valence-corrected chi connectivity index (χ3v) is 4.10. The molecule has 0 saturated carbocycles. The van der Waals surface area contributed by atoms with Crippen molar-refractivity contribution >= 4 is 21.4 Å². The van der Waals surface area contributed by atoms with Crippen molar-refractivity contribution in [1.82, 2.24) is 9.71 Å². The van der Waals surface area contributed by atoms with E-state index in [-0.39, 0.29) is 12.4 Å². The maximum atomic E-state index is 11.6. The number of nitrogens with zero attached hydrogens (tertiary/aromatic N) is 1. The summed E-state index contributed by atoms with van der Waals surface area (Å²) in [5, 5.41) is 1.90. The van der Waals surface area contributed by atoms with Gasteiger partial charge in [-0.2, -0.15) is 0 Å². The predicted molar refractivity (Wildman–Crippen MR) is 70.3 cm³/mol. The second-order valence-corrected chi connectivity index (χ2v) is 6.19. The summed E-state index contributed by atoms with van der Waals surface area (Å²) in [4.78, 5) is 4.08. The maximum Gasteiger partial charge on any atom is 0.213 e. The molecule has 0 spiro atoms. The molecule has 0 aliphatic rings. The Morgan fingerprint density at radius 2 is 2.22 bits per heavy atom. The van der Waals surface area contributed by atoms with Crippen LogP contribution in [0.2, 0.25) is 0 Å². The highest BCUT2D eigenvalue weighted by Crippen LogP contribution is 2.00. The van der Waals surface area contributed by atoms with E-state index in [9.17, 15) is 8.42 Å². The predicted octanol–water partition coefficient (Wildman–Crippen LogP) is 0.268. The van der Waals surface area contributed by atoms with Crippen LogP contribution in [0.1, 0.15) is 5.69 Å². The van der Waals surface area contributed by atoms with Gasteiger partial charge in [0.15, 0.2) is 0 Å². The van der Waals surface area contributed by atoms with Crippen molar-refractivity contribution in [3.63, 3.8) is 0 Å². The van der Waals surface area contributed by atoms with Crippen LogP contribution in [-0.4, -0.2) is 52.6 Å². The summed E-state index contributed by atoms with van der Waals surface area (Å²) < 4.78 is 35.5. The molecule has 0 aliphatic carbocycles. The molecule has 8 heteroatoms. The molecule has 0 amide bonds. The highest BCUT2D eigenvalue weighted by Gasteiger charge is 2.09. The van der Waals surface area contributed by atoms with Gasteiger partial charge in [-0.05, 0) is 0 Å². The third-order valence-electron chi connectivity index (χ3n) is 2.11. The first-order valence-electron chi connectivity index (χ1n) is 5.55. The van der Waals surface area contributed by atoms with Gasteiger partial charge in [0.05, 0.1) is 36.8 Å². The van der Waals surface area contributed by atoms with Gasteiger partial charge in [0.2, 0.25) is 10.0 Å². The summed E-state index contributed by atoms with van der Waals surface area (Å²) >= 11 is 1.50. The molecule has 0 bridgehead atoms. The van der Waals surface area contributed by atoms with Crippen LogP contribution < -0.4 is 4.72 Å². The van der Waals surface area contributed by atoms with Crippen LogP contribution in [0.3, 0.4) is 0 Å². The summed E-state index contributed by atoms with van der Waals surface area (Å²) in [6.45, 7) is 1.42. The highest BCUT2D eigenvalue weighted by molar-refractivity contribution is 7.89. The molecular formula is C10H18N2O4S2. The molecule has 1 heterocycles. The molecule has 0 aliphatic heterocycles. The molecule has 0 saturated heterocycles. The van der Waals surface area contributed by atoms with Gasteiger partial charge in [-0.25, -0.2) is 18.1 Å². The number of methoxy groups -OCH3 is 1. The van der Waals surface area contributed by atoms with E-state index >= 15 is 0 Å². The molecule has 1 aromatic heterocycles. The summed E-state index contributed by atoms with van der Waals surface area (Å²) in [6.07, 6.45) is 0.604. The lowest BCUT2D eigenvalue weighted by Gasteiger charge is -2.06. The molecule has 18 heavy (non-hydrogen) atoms. The Hall–Kier alpha value is -0.540. The van der Waals surface area contributed by atoms with Gasteiger partial charge in [-0.15, -0.1) is 11.3 Å². The van der Waals surface area contributed by atoms with Crippen molar-refractivity contribution < 1.29 is 17.9 Å².